The highest BCUT2D eigenvalue weighted by Crippen LogP contribution is 2.34. The first-order valence-electron chi connectivity index (χ1n) is 11.5. The Labute approximate surface area is 207 Å². The third kappa shape index (κ3) is 4.06. The number of benzene rings is 1. The Morgan fingerprint density at radius 1 is 1.11 bits per heavy atom. The van der Waals surface area contributed by atoms with E-state index in [9.17, 15) is 9.59 Å². The van der Waals surface area contributed by atoms with E-state index < -0.39 is 11.7 Å². The van der Waals surface area contributed by atoms with Crippen molar-refractivity contribution < 1.29 is 14.3 Å². The Hall–Kier alpha value is -4.60. The minimum absolute atomic E-state index is 0.214. The molecule has 0 spiro atoms. The average Bonchev–Trinajstić information content (AvgIpc) is 3.37. The fourth-order valence-corrected chi connectivity index (χ4v) is 4.55. The van der Waals surface area contributed by atoms with Crippen molar-refractivity contribution >= 4 is 28.4 Å². The molecule has 0 radical (unpaired) electrons. The number of fused-ring (bicyclic) bond motifs is 1. The molecule has 182 valence electrons. The van der Waals surface area contributed by atoms with E-state index in [0.29, 0.717) is 53.5 Å². The molecule has 3 aromatic heterocycles. The van der Waals surface area contributed by atoms with Gasteiger partial charge in [-0.1, -0.05) is 30.3 Å². The summed E-state index contributed by atoms with van der Waals surface area (Å²) in [6.07, 6.45) is 7.73. The number of hydrogen-bond acceptors (Lipinski definition) is 7. The number of nitrogens with one attached hydrogen (secondary N) is 2. The number of rotatable bonds is 5. The number of aromatic nitrogens is 4. The third-order valence-corrected chi connectivity index (χ3v) is 6.39. The predicted molar refractivity (Wildman–Crippen MR) is 134 cm³/mol. The van der Waals surface area contributed by atoms with Crippen LogP contribution in [0, 0.1) is 5.41 Å². The highest BCUT2D eigenvalue weighted by Gasteiger charge is 2.34. The first-order valence-corrected chi connectivity index (χ1v) is 11.5. The van der Waals surface area contributed by atoms with Gasteiger partial charge in [-0.2, -0.15) is 0 Å². The van der Waals surface area contributed by atoms with Crippen LogP contribution < -0.4 is 4.74 Å². The fourth-order valence-electron chi connectivity index (χ4n) is 4.55. The number of ketones is 1. The Morgan fingerprint density at radius 2 is 1.92 bits per heavy atom. The summed E-state index contributed by atoms with van der Waals surface area (Å²) in [6, 6.07) is 9.24. The minimum Gasteiger partial charge on any atom is -0.494 e. The van der Waals surface area contributed by atoms with Crippen LogP contribution in [-0.2, 0) is 4.79 Å². The van der Waals surface area contributed by atoms with Gasteiger partial charge in [-0.15, -0.1) is 0 Å². The number of nitrogens with zero attached hydrogens (tertiary/aromatic N) is 5. The molecule has 1 aliphatic heterocycles. The van der Waals surface area contributed by atoms with E-state index in [1.807, 2.05) is 42.2 Å². The van der Waals surface area contributed by atoms with Crippen molar-refractivity contribution in [2.24, 2.45) is 0 Å². The summed E-state index contributed by atoms with van der Waals surface area (Å²) in [5.74, 6) is -0.431. The maximum Gasteiger partial charge on any atom is 0.295 e. The number of amides is 1. The molecule has 10 nitrogen and oxygen atoms in total. The molecule has 1 aromatic carbocycles. The van der Waals surface area contributed by atoms with E-state index in [4.69, 9.17) is 10.1 Å². The van der Waals surface area contributed by atoms with E-state index in [1.54, 1.807) is 23.5 Å². The van der Waals surface area contributed by atoms with Crippen LogP contribution in [-0.4, -0.2) is 80.0 Å². The highest BCUT2D eigenvalue weighted by molar-refractivity contribution is 6.45. The molecular weight excluding hydrogens is 458 g/mol. The third-order valence-electron chi connectivity index (χ3n) is 6.39. The van der Waals surface area contributed by atoms with Crippen molar-refractivity contribution in [2.45, 2.75) is 13.0 Å². The lowest BCUT2D eigenvalue weighted by Crippen LogP contribution is -2.56. The second kappa shape index (κ2) is 9.57. The smallest absolute Gasteiger partial charge is 0.295 e. The summed E-state index contributed by atoms with van der Waals surface area (Å²) in [7, 11) is 1.49. The zero-order valence-corrected chi connectivity index (χ0v) is 19.9. The van der Waals surface area contributed by atoms with Gasteiger partial charge in [0, 0.05) is 49.8 Å². The molecule has 1 amide bonds. The van der Waals surface area contributed by atoms with Crippen molar-refractivity contribution in [2.75, 3.05) is 26.7 Å². The standard InChI is InChI=1S/C26H25N7O3/c1-16-15-32(25(27)17-6-4-3-5-7-17)10-11-33(16)26(35)24(34)18-12-30-23-21(18)20(36-2)14-31-22(23)19-13-28-8-9-29-19/h3-9,12-14,16,27,30H,10-11,15H2,1-2H3/t16-/m1/s1. The van der Waals surface area contributed by atoms with Gasteiger partial charge in [-0.05, 0) is 6.92 Å². The molecule has 10 heteroatoms. The molecule has 4 aromatic rings. The molecule has 4 heterocycles. The number of carbonyl (C=O) groups excluding carboxylic acids is 2. The number of aromatic amines is 1. The van der Waals surface area contributed by atoms with Crippen LogP contribution in [0.4, 0.5) is 0 Å². The van der Waals surface area contributed by atoms with Crippen molar-refractivity contribution in [3.05, 3.63) is 72.4 Å². The second-order valence-electron chi connectivity index (χ2n) is 8.56. The number of methoxy groups -OCH3 is 1. The van der Waals surface area contributed by atoms with Crippen molar-refractivity contribution in [3.63, 3.8) is 0 Å². The van der Waals surface area contributed by atoms with Gasteiger partial charge in [0.1, 0.15) is 23.0 Å². The summed E-state index contributed by atoms with van der Waals surface area (Å²) in [5, 5.41) is 9.01. The lowest BCUT2D eigenvalue weighted by atomic mass is 10.0. The topological polar surface area (TPSA) is 128 Å². The molecule has 1 atom stereocenters. The van der Waals surface area contributed by atoms with Gasteiger partial charge in [0.05, 0.1) is 36.0 Å². The van der Waals surface area contributed by atoms with Crippen LogP contribution in [0.5, 0.6) is 5.75 Å². The number of H-pyrrole nitrogens is 1. The largest absolute Gasteiger partial charge is 0.494 e. The molecule has 1 aliphatic rings. The van der Waals surface area contributed by atoms with Gasteiger partial charge >= 0.3 is 0 Å². The molecule has 0 bridgehead atoms. The van der Waals surface area contributed by atoms with E-state index >= 15 is 0 Å². The zero-order chi connectivity index (χ0) is 25.2. The molecular formula is C26H25N7O3. The molecule has 0 aliphatic carbocycles. The van der Waals surface area contributed by atoms with Gasteiger partial charge < -0.3 is 19.5 Å². The molecule has 5 rings (SSSR count). The van der Waals surface area contributed by atoms with Gasteiger partial charge in [-0.25, -0.2) is 4.98 Å². The summed E-state index contributed by atoms with van der Waals surface area (Å²) in [4.78, 5) is 46.2. The Kier molecular flexibility index (Phi) is 6.16. The van der Waals surface area contributed by atoms with Crippen molar-refractivity contribution in [1.82, 2.24) is 29.7 Å². The van der Waals surface area contributed by atoms with Crippen LogP contribution >= 0.6 is 0 Å². The Balaban J connectivity index is 1.40. The number of hydrogen-bond donors (Lipinski definition) is 2. The molecule has 0 unspecified atom stereocenters. The lowest BCUT2D eigenvalue weighted by Gasteiger charge is -2.40. The zero-order valence-electron chi connectivity index (χ0n) is 19.9. The Morgan fingerprint density at radius 3 is 2.61 bits per heavy atom. The first-order chi connectivity index (χ1) is 17.5. The van der Waals surface area contributed by atoms with Crippen LogP contribution in [0.2, 0.25) is 0 Å². The number of pyridine rings is 1. The second-order valence-corrected chi connectivity index (χ2v) is 8.56. The lowest BCUT2D eigenvalue weighted by molar-refractivity contribution is -0.130. The molecule has 2 N–H and O–H groups in total. The average molecular weight is 484 g/mol. The monoisotopic (exact) mass is 483 g/mol. The molecule has 1 saturated heterocycles. The molecule has 0 saturated carbocycles. The maximum atomic E-state index is 13.4. The van der Waals surface area contributed by atoms with Crippen LogP contribution in [0.15, 0.2) is 61.3 Å². The van der Waals surface area contributed by atoms with Gasteiger partial charge in [0.25, 0.3) is 11.7 Å². The van der Waals surface area contributed by atoms with Crippen LogP contribution in [0.25, 0.3) is 22.3 Å². The number of Topliss-reactive ketones (excluding diaryl/α,β-unsaturated/α-hetero) is 1. The van der Waals surface area contributed by atoms with Gasteiger partial charge in [-0.3, -0.25) is 25.0 Å². The van der Waals surface area contributed by atoms with E-state index in [1.165, 1.54) is 19.5 Å². The normalized spacial score (nSPS) is 15.7. The number of amidine groups is 1. The maximum absolute atomic E-state index is 13.4. The minimum atomic E-state index is -0.630. The summed E-state index contributed by atoms with van der Waals surface area (Å²) in [5.41, 5.74) is 2.61. The number of ether oxygens (including phenoxy) is 1. The summed E-state index contributed by atoms with van der Waals surface area (Å²) < 4.78 is 5.47. The van der Waals surface area contributed by atoms with Crippen molar-refractivity contribution in [1.29, 1.82) is 5.41 Å². The van der Waals surface area contributed by atoms with Crippen molar-refractivity contribution in [3.8, 4) is 17.1 Å². The van der Waals surface area contributed by atoms with Crippen LogP contribution in [0.3, 0.4) is 0 Å². The predicted octanol–water partition coefficient (Wildman–Crippen LogP) is 2.77. The number of carbonyl (C=O) groups is 2. The SMILES string of the molecule is COc1cnc(-c2cnccn2)c2[nH]cc(C(=O)C(=O)N3CCN(C(=N)c4ccccc4)C[C@H]3C)c12. The highest BCUT2D eigenvalue weighted by atomic mass is 16.5. The fraction of sp³-hybridized carbons (Fsp3) is 0.231. The van der Waals surface area contributed by atoms with E-state index in [0.717, 1.165) is 5.56 Å². The molecule has 1 fully saturated rings. The van der Waals surface area contributed by atoms with Gasteiger partial charge in [0.15, 0.2) is 0 Å². The number of piperazine rings is 1. The summed E-state index contributed by atoms with van der Waals surface area (Å²) >= 11 is 0. The summed E-state index contributed by atoms with van der Waals surface area (Å²) in [6.45, 7) is 3.16. The van der Waals surface area contributed by atoms with Gasteiger partial charge in [0.2, 0.25) is 0 Å². The Bertz CT molecular complexity index is 1440. The van der Waals surface area contributed by atoms with E-state index in [2.05, 4.69) is 19.9 Å². The first kappa shape index (κ1) is 23.2. The quantitative estimate of drug-likeness (QED) is 0.193. The van der Waals surface area contributed by atoms with E-state index in [-0.39, 0.29) is 11.6 Å². The molecule has 36 heavy (non-hydrogen) atoms. The van der Waals surface area contributed by atoms with Crippen LogP contribution in [0.1, 0.15) is 22.8 Å².